The molecular formula is C23H24N2O. The summed E-state index contributed by atoms with van der Waals surface area (Å²) in [7, 11) is 0. The van der Waals surface area contributed by atoms with E-state index in [9.17, 15) is 4.79 Å². The summed E-state index contributed by atoms with van der Waals surface area (Å²) in [6.45, 7) is 4.46. The van der Waals surface area contributed by atoms with E-state index < -0.39 is 0 Å². The molecular weight excluding hydrogens is 320 g/mol. The molecule has 1 fully saturated rings. The van der Waals surface area contributed by atoms with Crippen LogP contribution in [0.2, 0.25) is 0 Å². The van der Waals surface area contributed by atoms with Gasteiger partial charge in [0.05, 0.1) is 6.42 Å². The van der Waals surface area contributed by atoms with Gasteiger partial charge in [0.25, 0.3) is 0 Å². The Balaban J connectivity index is 1.32. The highest BCUT2D eigenvalue weighted by Gasteiger charge is 2.21. The summed E-state index contributed by atoms with van der Waals surface area (Å²) in [6, 6.07) is 25.2. The third-order valence-corrected chi connectivity index (χ3v) is 5.14. The van der Waals surface area contributed by atoms with Crippen molar-refractivity contribution < 1.29 is 4.79 Å². The molecule has 1 aliphatic rings. The molecule has 0 N–H and O–H groups in total. The van der Waals surface area contributed by atoms with Gasteiger partial charge in [0.15, 0.2) is 0 Å². The standard InChI is InChI=1S/C23H24N2O/c26-23(17-19-6-2-1-3-7-19)25-14-12-24(13-15-25)18-20-10-11-21-8-4-5-9-22(21)16-20/h1-11,16H,12-15,17-18H2. The molecule has 3 heteroatoms. The van der Waals surface area contributed by atoms with Crippen LogP contribution in [-0.4, -0.2) is 41.9 Å². The van der Waals surface area contributed by atoms with Gasteiger partial charge in [0.1, 0.15) is 0 Å². The van der Waals surface area contributed by atoms with Crippen LogP contribution in [0.3, 0.4) is 0 Å². The average molecular weight is 344 g/mol. The van der Waals surface area contributed by atoms with Crippen molar-refractivity contribution >= 4 is 16.7 Å². The van der Waals surface area contributed by atoms with Crippen LogP contribution in [0.1, 0.15) is 11.1 Å². The first kappa shape index (κ1) is 16.8. The van der Waals surface area contributed by atoms with Gasteiger partial charge in [0, 0.05) is 32.7 Å². The van der Waals surface area contributed by atoms with E-state index in [1.54, 1.807) is 0 Å². The highest BCUT2D eigenvalue weighted by atomic mass is 16.2. The van der Waals surface area contributed by atoms with E-state index in [1.807, 2.05) is 35.2 Å². The Hall–Kier alpha value is -2.65. The van der Waals surface area contributed by atoms with Crippen LogP contribution in [0, 0.1) is 0 Å². The van der Waals surface area contributed by atoms with Crippen molar-refractivity contribution in [1.29, 1.82) is 0 Å². The van der Waals surface area contributed by atoms with Crippen LogP contribution in [0.4, 0.5) is 0 Å². The monoisotopic (exact) mass is 344 g/mol. The van der Waals surface area contributed by atoms with Crippen LogP contribution in [0.15, 0.2) is 72.8 Å². The van der Waals surface area contributed by atoms with Gasteiger partial charge >= 0.3 is 0 Å². The fraction of sp³-hybridized carbons (Fsp3) is 0.261. The van der Waals surface area contributed by atoms with E-state index >= 15 is 0 Å². The van der Waals surface area contributed by atoms with E-state index in [0.717, 1.165) is 38.3 Å². The first-order valence-electron chi connectivity index (χ1n) is 9.30. The molecule has 0 aromatic heterocycles. The summed E-state index contributed by atoms with van der Waals surface area (Å²) < 4.78 is 0. The molecule has 1 heterocycles. The molecule has 3 aromatic carbocycles. The normalized spacial score (nSPS) is 15.3. The number of hydrogen-bond donors (Lipinski definition) is 0. The number of piperazine rings is 1. The third-order valence-electron chi connectivity index (χ3n) is 5.14. The Kier molecular flexibility index (Phi) is 4.98. The predicted molar refractivity (Wildman–Crippen MR) is 106 cm³/mol. The summed E-state index contributed by atoms with van der Waals surface area (Å²) in [4.78, 5) is 16.9. The molecule has 0 unspecified atom stereocenters. The lowest BCUT2D eigenvalue weighted by atomic mass is 10.1. The first-order chi connectivity index (χ1) is 12.8. The third kappa shape index (κ3) is 3.94. The van der Waals surface area contributed by atoms with Crippen molar-refractivity contribution in [2.24, 2.45) is 0 Å². The van der Waals surface area contributed by atoms with E-state index in [1.165, 1.54) is 16.3 Å². The molecule has 26 heavy (non-hydrogen) atoms. The minimum atomic E-state index is 0.238. The predicted octanol–water partition coefficient (Wildman–Crippen LogP) is 3.73. The van der Waals surface area contributed by atoms with Crippen LogP contribution in [-0.2, 0) is 17.8 Å². The van der Waals surface area contributed by atoms with Crippen LogP contribution >= 0.6 is 0 Å². The van der Waals surface area contributed by atoms with Crippen molar-refractivity contribution in [1.82, 2.24) is 9.80 Å². The molecule has 3 aromatic rings. The van der Waals surface area contributed by atoms with Gasteiger partial charge in [-0.15, -0.1) is 0 Å². The maximum Gasteiger partial charge on any atom is 0.227 e. The minimum Gasteiger partial charge on any atom is -0.340 e. The fourth-order valence-electron chi connectivity index (χ4n) is 3.63. The van der Waals surface area contributed by atoms with Crippen molar-refractivity contribution in [2.45, 2.75) is 13.0 Å². The number of carbonyl (C=O) groups is 1. The largest absolute Gasteiger partial charge is 0.340 e. The Morgan fingerprint density at radius 2 is 1.42 bits per heavy atom. The van der Waals surface area contributed by atoms with E-state index in [0.29, 0.717) is 6.42 Å². The zero-order valence-electron chi connectivity index (χ0n) is 15.0. The van der Waals surface area contributed by atoms with Crippen molar-refractivity contribution in [3.63, 3.8) is 0 Å². The summed E-state index contributed by atoms with van der Waals surface area (Å²) >= 11 is 0. The molecule has 0 aliphatic carbocycles. The molecule has 0 saturated carbocycles. The Morgan fingerprint density at radius 3 is 2.19 bits per heavy atom. The maximum absolute atomic E-state index is 12.5. The van der Waals surface area contributed by atoms with Gasteiger partial charge in [-0.1, -0.05) is 66.7 Å². The van der Waals surface area contributed by atoms with Crippen molar-refractivity contribution in [3.05, 3.63) is 83.9 Å². The highest BCUT2D eigenvalue weighted by Crippen LogP contribution is 2.17. The second kappa shape index (κ2) is 7.71. The summed E-state index contributed by atoms with van der Waals surface area (Å²) in [5.74, 6) is 0.238. The molecule has 4 rings (SSSR count). The van der Waals surface area contributed by atoms with E-state index in [-0.39, 0.29) is 5.91 Å². The number of carbonyl (C=O) groups excluding carboxylic acids is 1. The fourth-order valence-corrected chi connectivity index (χ4v) is 3.63. The lowest BCUT2D eigenvalue weighted by Gasteiger charge is -2.35. The number of fused-ring (bicyclic) bond motifs is 1. The zero-order valence-corrected chi connectivity index (χ0v) is 15.0. The van der Waals surface area contributed by atoms with Gasteiger partial charge in [-0.2, -0.15) is 0 Å². The zero-order chi connectivity index (χ0) is 17.8. The number of benzene rings is 3. The maximum atomic E-state index is 12.5. The molecule has 1 saturated heterocycles. The topological polar surface area (TPSA) is 23.6 Å². The van der Waals surface area contributed by atoms with Crippen LogP contribution in [0.5, 0.6) is 0 Å². The SMILES string of the molecule is O=C(Cc1ccccc1)N1CCN(Cc2ccc3ccccc3c2)CC1. The first-order valence-corrected chi connectivity index (χ1v) is 9.30. The molecule has 132 valence electrons. The van der Waals surface area contributed by atoms with Crippen molar-refractivity contribution in [3.8, 4) is 0 Å². The molecule has 0 radical (unpaired) electrons. The number of rotatable bonds is 4. The lowest BCUT2D eigenvalue weighted by molar-refractivity contribution is -0.132. The summed E-state index contributed by atoms with van der Waals surface area (Å²) in [5, 5.41) is 2.58. The second-order valence-corrected chi connectivity index (χ2v) is 7.00. The van der Waals surface area contributed by atoms with Gasteiger partial charge < -0.3 is 4.90 Å². The van der Waals surface area contributed by atoms with E-state index in [4.69, 9.17) is 0 Å². The Bertz CT molecular complexity index is 883. The second-order valence-electron chi connectivity index (χ2n) is 7.00. The number of hydrogen-bond acceptors (Lipinski definition) is 2. The molecule has 1 amide bonds. The average Bonchev–Trinajstić information content (AvgIpc) is 2.69. The number of amides is 1. The minimum absolute atomic E-state index is 0.238. The van der Waals surface area contributed by atoms with Gasteiger partial charge in [-0.25, -0.2) is 0 Å². The Labute approximate surface area is 154 Å². The van der Waals surface area contributed by atoms with Gasteiger partial charge in [-0.3, -0.25) is 9.69 Å². The summed E-state index contributed by atoms with van der Waals surface area (Å²) in [5.41, 5.74) is 2.43. The van der Waals surface area contributed by atoms with Crippen LogP contribution < -0.4 is 0 Å². The molecule has 3 nitrogen and oxygen atoms in total. The van der Waals surface area contributed by atoms with E-state index in [2.05, 4.69) is 47.4 Å². The Morgan fingerprint density at radius 1 is 0.731 bits per heavy atom. The molecule has 0 spiro atoms. The smallest absolute Gasteiger partial charge is 0.227 e. The molecule has 1 aliphatic heterocycles. The molecule has 0 atom stereocenters. The van der Waals surface area contributed by atoms with Crippen LogP contribution in [0.25, 0.3) is 10.8 Å². The van der Waals surface area contributed by atoms with Gasteiger partial charge in [0.2, 0.25) is 5.91 Å². The highest BCUT2D eigenvalue weighted by molar-refractivity contribution is 5.83. The quantitative estimate of drug-likeness (QED) is 0.720. The molecule has 0 bridgehead atoms. The van der Waals surface area contributed by atoms with Crippen molar-refractivity contribution in [2.75, 3.05) is 26.2 Å². The summed E-state index contributed by atoms with van der Waals surface area (Å²) in [6.07, 6.45) is 0.505. The number of nitrogens with zero attached hydrogens (tertiary/aromatic N) is 2. The lowest BCUT2D eigenvalue weighted by Crippen LogP contribution is -2.48. The van der Waals surface area contributed by atoms with Gasteiger partial charge in [-0.05, 0) is 28.0 Å².